The van der Waals surface area contributed by atoms with Gasteiger partial charge in [0.1, 0.15) is 11.5 Å². The minimum absolute atomic E-state index is 0.0395. The molecule has 0 radical (unpaired) electrons. The van der Waals surface area contributed by atoms with Crippen LogP contribution in [-0.4, -0.2) is 43.9 Å². The Morgan fingerprint density at radius 2 is 1.79 bits per heavy atom. The topological polar surface area (TPSA) is 98.8 Å². The van der Waals surface area contributed by atoms with Crippen LogP contribution in [0.3, 0.4) is 0 Å². The van der Waals surface area contributed by atoms with Gasteiger partial charge in [0.2, 0.25) is 0 Å². The third-order valence-electron chi connectivity index (χ3n) is 4.33. The fourth-order valence-electron chi connectivity index (χ4n) is 3.01. The standard InChI is InChI=1S/C20H21NO6S/c1-20(10-11-28(24,25)14-20)21-18(22)13-26-19(23)15-6-5-9-17(12-15)27-16-7-3-2-4-8-16/h2-9,12H,10-11,13-14H2,1H3,(H,21,22)/t20-/m1/s1. The summed E-state index contributed by atoms with van der Waals surface area (Å²) >= 11 is 0. The van der Waals surface area contributed by atoms with Gasteiger partial charge in [-0.15, -0.1) is 0 Å². The van der Waals surface area contributed by atoms with Crippen LogP contribution in [0.5, 0.6) is 11.5 Å². The molecule has 1 saturated heterocycles. The number of carbonyl (C=O) groups excluding carboxylic acids is 2. The maximum absolute atomic E-state index is 12.2. The van der Waals surface area contributed by atoms with Gasteiger partial charge >= 0.3 is 5.97 Å². The molecule has 7 nitrogen and oxygen atoms in total. The quantitative estimate of drug-likeness (QED) is 0.744. The van der Waals surface area contributed by atoms with Gasteiger partial charge in [-0.25, -0.2) is 13.2 Å². The molecule has 1 fully saturated rings. The van der Waals surface area contributed by atoms with Gasteiger partial charge in [0.05, 0.1) is 22.6 Å². The lowest BCUT2D eigenvalue weighted by Gasteiger charge is -2.23. The van der Waals surface area contributed by atoms with Gasteiger partial charge in [-0.3, -0.25) is 4.79 Å². The second-order valence-electron chi connectivity index (χ2n) is 6.97. The van der Waals surface area contributed by atoms with E-state index in [1.807, 2.05) is 18.2 Å². The molecule has 2 aromatic rings. The Morgan fingerprint density at radius 1 is 1.07 bits per heavy atom. The molecule has 1 N–H and O–H groups in total. The summed E-state index contributed by atoms with van der Waals surface area (Å²) in [5, 5.41) is 2.64. The van der Waals surface area contributed by atoms with Crippen molar-refractivity contribution in [1.29, 1.82) is 0 Å². The predicted molar refractivity (Wildman–Crippen MR) is 103 cm³/mol. The monoisotopic (exact) mass is 403 g/mol. The fourth-order valence-corrected chi connectivity index (χ4v) is 5.10. The van der Waals surface area contributed by atoms with Gasteiger partial charge in [0, 0.05) is 0 Å². The van der Waals surface area contributed by atoms with Crippen LogP contribution >= 0.6 is 0 Å². The van der Waals surface area contributed by atoms with Crippen molar-refractivity contribution in [2.45, 2.75) is 18.9 Å². The molecule has 0 unspecified atom stereocenters. The van der Waals surface area contributed by atoms with Crippen molar-refractivity contribution in [2.24, 2.45) is 0 Å². The number of benzene rings is 2. The van der Waals surface area contributed by atoms with Gasteiger partial charge in [-0.2, -0.15) is 0 Å². The molecule has 1 aliphatic heterocycles. The van der Waals surface area contributed by atoms with Crippen LogP contribution < -0.4 is 10.1 Å². The third kappa shape index (κ3) is 5.32. The Morgan fingerprint density at radius 3 is 2.46 bits per heavy atom. The molecule has 0 spiro atoms. The molecule has 8 heteroatoms. The van der Waals surface area contributed by atoms with Gasteiger partial charge < -0.3 is 14.8 Å². The van der Waals surface area contributed by atoms with E-state index in [0.29, 0.717) is 17.9 Å². The maximum atomic E-state index is 12.2. The molecule has 1 heterocycles. The van der Waals surface area contributed by atoms with Crippen LogP contribution in [0.1, 0.15) is 23.7 Å². The fraction of sp³-hybridized carbons (Fsp3) is 0.300. The molecule has 28 heavy (non-hydrogen) atoms. The highest BCUT2D eigenvalue weighted by molar-refractivity contribution is 7.91. The Balaban J connectivity index is 1.55. The van der Waals surface area contributed by atoms with E-state index in [1.54, 1.807) is 37.3 Å². The molecule has 0 bridgehead atoms. The van der Waals surface area contributed by atoms with E-state index >= 15 is 0 Å². The highest BCUT2D eigenvalue weighted by atomic mass is 32.2. The number of ether oxygens (including phenoxy) is 2. The summed E-state index contributed by atoms with van der Waals surface area (Å²) in [6.07, 6.45) is 0.341. The van der Waals surface area contributed by atoms with E-state index in [-0.39, 0.29) is 17.1 Å². The lowest BCUT2D eigenvalue weighted by Crippen LogP contribution is -2.48. The smallest absolute Gasteiger partial charge is 0.338 e. The molecule has 0 aliphatic carbocycles. The van der Waals surface area contributed by atoms with E-state index in [1.165, 1.54) is 6.07 Å². The van der Waals surface area contributed by atoms with Crippen LogP contribution in [0.2, 0.25) is 0 Å². The number of esters is 1. The summed E-state index contributed by atoms with van der Waals surface area (Å²) in [5.74, 6) is -0.181. The second-order valence-corrected chi connectivity index (χ2v) is 9.15. The van der Waals surface area contributed by atoms with Crippen molar-refractivity contribution in [3.8, 4) is 11.5 Å². The lowest BCUT2D eigenvalue weighted by atomic mass is 10.0. The number of sulfone groups is 1. The van der Waals surface area contributed by atoms with Gasteiger partial charge in [-0.1, -0.05) is 24.3 Å². The van der Waals surface area contributed by atoms with Crippen molar-refractivity contribution in [3.05, 3.63) is 60.2 Å². The molecule has 1 amide bonds. The Hall–Kier alpha value is -2.87. The minimum Gasteiger partial charge on any atom is -0.457 e. The summed E-state index contributed by atoms with van der Waals surface area (Å²) in [7, 11) is -3.14. The summed E-state index contributed by atoms with van der Waals surface area (Å²) in [4.78, 5) is 24.3. The zero-order valence-corrected chi connectivity index (χ0v) is 16.2. The van der Waals surface area contributed by atoms with Crippen LogP contribution in [0, 0.1) is 0 Å². The molecule has 3 rings (SSSR count). The first-order valence-electron chi connectivity index (χ1n) is 8.76. The van der Waals surface area contributed by atoms with E-state index < -0.39 is 33.9 Å². The van der Waals surface area contributed by atoms with Gasteiger partial charge in [0.25, 0.3) is 5.91 Å². The summed E-state index contributed by atoms with van der Waals surface area (Å²) < 4.78 is 33.9. The molecule has 1 aliphatic rings. The Kier molecular flexibility index (Phi) is 5.69. The highest BCUT2D eigenvalue weighted by Crippen LogP contribution is 2.23. The number of amides is 1. The second kappa shape index (κ2) is 8.02. The maximum Gasteiger partial charge on any atom is 0.338 e. The van der Waals surface area contributed by atoms with E-state index in [9.17, 15) is 18.0 Å². The first-order chi connectivity index (χ1) is 13.2. The molecular weight excluding hydrogens is 382 g/mol. The largest absolute Gasteiger partial charge is 0.457 e. The molecular formula is C20H21NO6S. The summed E-state index contributed by atoms with van der Waals surface area (Å²) in [6, 6.07) is 15.6. The van der Waals surface area contributed by atoms with Crippen LogP contribution in [0.25, 0.3) is 0 Å². The number of carbonyl (C=O) groups is 2. The van der Waals surface area contributed by atoms with Crippen molar-refractivity contribution < 1.29 is 27.5 Å². The molecule has 0 aromatic heterocycles. The number of rotatable bonds is 6. The van der Waals surface area contributed by atoms with Crippen LogP contribution in [0.15, 0.2) is 54.6 Å². The number of nitrogens with one attached hydrogen (secondary N) is 1. The first kappa shape index (κ1) is 19.9. The van der Waals surface area contributed by atoms with Crippen molar-refractivity contribution in [1.82, 2.24) is 5.32 Å². The summed E-state index contributed by atoms with van der Waals surface area (Å²) in [6.45, 7) is 1.18. The number of para-hydroxylation sites is 1. The zero-order chi connectivity index (χ0) is 20.2. The van der Waals surface area contributed by atoms with Crippen LogP contribution in [0.4, 0.5) is 0 Å². The molecule has 148 valence electrons. The summed E-state index contributed by atoms with van der Waals surface area (Å²) in [5.41, 5.74) is -0.581. The third-order valence-corrected chi connectivity index (χ3v) is 6.23. The van der Waals surface area contributed by atoms with Crippen LogP contribution in [-0.2, 0) is 19.4 Å². The number of hydrogen-bond acceptors (Lipinski definition) is 6. The lowest BCUT2D eigenvalue weighted by molar-refractivity contribution is -0.125. The van der Waals surface area contributed by atoms with Crippen molar-refractivity contribution in [2.75, 3.05) is 18.1 Å². The number of hydrogen-bond donors (Lipinski definition) is 1. The zero-order valence-electron chi connectivity index (χ0n) is 15.4. The average molecular weight is 403 g/mol. The van der Waals surface area contributed by atoms with E-state index in [0.717, 1.165) is 0 Å². The highest BCUT2D eigenvalue weighted by Gasteiger charge is 2.39. The van der Waals surface area contributed by atoms with Crippen molar-refractivity contribution >= 4 is 21.7 Å². The Labute approximate surface area is 163 Å². The van der Waals surface area contributed by atoms with E-state index in [4.69, 9.17) is 9.47 Å². The first-order valence-corrected chi connectivity index (χ1v) is 10.6. The molecule has 0 saturated carbocycles. The van der Waals surface area contributed by atoms with Crippen molar-refractivity contribution in [3.63, 3.8) is 0 Å². The molecule has 2 aromatic carbocycles. The molecule has 1 atom stereocenters. The SMILES string of the molecule is C[C@@]1(NC(=O)COC(=O)c2cccc(Oc3ccccc3)c2)CCS(=O)(=O)C1. The Bertz CT molecular complexity index is 973. The average Bonchev–Trinajstić information content (AvgIpc) is 2.93. The van der Waals surface area contributed by atoms with E-state index in [2.05, 4.69) is 5.32 Å². The normalized spacial score (nSPS) is 20.3. The van der Waals surface area contributed by atoms with Gasteiger partial charge in [-0.05, 0) is 43.7 Å². The minimum atomic E-state index is -3.14. The van der Waals surface area contributed by atoms with Gasteiger partial charge in [0.15, 0.2) is 16.4 Å². The predicted octanol–water partition coefficient (Wildman–Crippen LogP) is 2.33.